The molecule has 0 saturated carbocycles. The van der Waals surface area contributed by atoms with Gasteiger partial charge in [0.25, 0.3) is 0 Å². The van der Waals surface area contributed by atoms with Crippen LogP contribution in [0, 0.1) is 0 Å². The summed E-state index contributed by atoms with van der Waals surface area (Å²) in [5.41, 5.74) is 5.89. The Morgan fingerprint density at radius 3 is 1.96 bits per heavy atom. The molecule has 0 fully saturated rings. The first-order chi connectivity index (χ1) is 11.9. The summed E-state index contributed by atoms with van der Waals surface area (Å²) >= 11 is 0. The molecular weight excluding hydrogens is 296 g/mol. The van der Waals surface area contributed by atoms with Crippen molar-refractivity contribution >= 4 is 17.2 Å². The van der Waals surface area contributed by atoms with Crippen LogP contribution in [0.5, 0.6) is 0 Å². The van der Waals surface area contributed by atoms with Gasteiger partial charge in [-0.3, -0.25) is 5.43 Å². The fourth-order valence-electron chi connectivity index (χ4n) is 2.13. The third-order valence-electron chi connectivity index (χ3n) is 3.33. The first kappa shape index (κ1) is 15.6. The van der Waals surface area contributed by atoms with E-state index in [1.165, 1.54) is 0 Å². The summed E-state index contributed by atoms with van der Waals surface area (Å²) in [6, 6.07) is 29.6. The lowest BCUT2D eigenvalue weighted by atomic mass is 10.1. The molecule has 0 aromatic heterocycles. The molecule has 0 aliphatic carbocycles. The van der Waals surface area contributed by atoms with Gasteiger partial charge in [-0.15, -0.1) is 10.2 Å². The summed E-state index contributed by atoms with van der Waals surface area (Å²) in [5, 5.41) is 13.0. The Morgan fingerprint density at radius 1 is 0.708 bits per heavy atom. The number of nitrogens with zero attached hydrogens (tertiary/aromatic N) is 3. The molecule has 0 atom stereocenters. The molecule has 0 heterocycles. The van der Waals surface area contributed by atoms with Gasteiger partial charge >= 0.3 is 0 Å². The molecule has 0 bridgehead atoms. The van der Waals surface area contributed by atoms with Crippen LogP contribution >= 0.6 is 0 Å². The van der Waals surface area contributed by atoms with E-state index in [2.05, 4.69) is 32.9 Å². The van der Waals surface area contributed by atoms with Crippen molar-refractivity contribution in [1.82, 2.24) is 0 Å². The molecular formula is C20H18N4. The van der Waals surface area contributed by atoms with Gasteiger partial charge in [0.2, 0.25) is 0 Å². The van der Waals surface area contributed by atoms with Crippen LogP contribution < -0.4 is 5.43 Å². The maximum atomic E-state index is 4.41. The third-order valence-corrected chi connectivity index (χ3v) is 3.33. The number of hydrazone groups is 1. The number of para-hydroxylation sites is 1. The molecule has 1 N–H and O–H groups in total. The second kappa shape index (κ2) is 8.39. The highest BCUT2D eigenvalue weighted by molar-refractivity contribution is 5.85. The molecule has 4 nitrogen and oxygen atoms in total. The number of benzene rings is 3. The number of amidine groups is 1. The van der Waals surface area contributed by atoms with Gasteiger partial charge in [-0.05, 0) is 29.8 Å². The Balaban J connectivity index is 1.78. The van der Waals surface area contributed by atoms with Crippen LogP contribution in [-0.4, -0.2) is 5.84 Å². The van der Waals surface area contributed by atoms with E-state index in [1.807, 2.05) is 78.9 Å². The number of anilines is 1. The first-order valence-electron chi connectivity index (χ1n) is 7.78. The van der Waals surface area contributed by atoms with Crippen molar-refractivity contribution in [2.45, 2.75) is 6.42 Å². The summed E-state index contributed by atoms with van der Waals surface area (Å²) in [4.78, 5) is 0. The molecule has 0 aliphatic heterocycles. The molecule has 0 spiro atoms. The van der Waals surface area contributed by atoms with E-state index in [4.69, 9.17) is 0 Å². The molecule has 0 radical (unpaired) electrons. The predicted molar refractivity (Wildman–Crippen MR) is 98.6 cm³/mol. The first-order valence-corrected chi connectivity index (χ1v) is 7.78. The van der Waals surface area contributed by atoms with Gasteiger partial charge in [-0.2, -0.15) is 5.10 Å². The zero-order valence-corrected chi connectivity index (χ0v) is 13.2. The molecule has 3 aromatic carbocycles. The van der Waals surface area contributed by atoms with Crippen molar-refractivity contribution in [2.75, 3.05) is 5.43 Å². The van der Waals surface area contributed by atoms with Gasteiger partial charge in [0.05, 0.1) is 11.4 Å². The summed E-state index contributed by atoms with van der Waals surface area (Å²) in [6.07, 6.45) is 0.608. The minimum absolute atomic E-state index is 0.608. The van der Waals surface area contributed by atoms with E-state index in [0.29, 0.717) is 12.3 Å². The van der Waals surface area contributed by atoms with Crippen molar-refractivity contribution in [3.8, 4) is 0 Å². The van der Waals surface area contributed by atoms with Gasteiger partial charge in [-0.1, -0.05) is 66.7 Å². The molecule has 24 heavy (non-hydrogen) atoms. The summed E-state index contributed by atoms with van der Waals surface area (Å²) in [6.45, 7) is 0. The fourth-order valence-corrected chi connectivity index (χ4v) is 2.13. The topological polar surface area (TPSA) is 49.1 Å². The number of hydrogen-bond donors (Lipinski definition) is 1. The van der Waals surface area contributed by atoms with E-state index < -0.39 is 0 Å². The largest absolute Gasteiger partial charge is 0.277 e. The summed E-state index contributed by atoms with van der Waals surface area (Å²) in [7, 11) is 0. The molecule has 118 valence electrons. The lowest BCUT2D eigenvalue weighted by Gasteiger charge is -2.03. The Labute approximate surface area is 141 Å². The smallest absolute Gasteiger partial charge is 0.175 e. The Bertz CT molecular complexity index is 797. The lowest BCUT2D eigenvalue weighted by molar-refractivity contribution is 1.16. The minimum atomic E-state index is 0.608. The fraction of sp³-hybridized carbons (Fsp3) is 0.0500. The quantitative estimate of drug-likeness (QED) is 0.290. The van der Waals surface area contributed by atoms with Crippen molar-refractivity contribution in [1.29, 1.82) is 0 Å². The van der Waals surface area contributed by atoms with Crippen LogP contribution in [0.2, 0.25) is 0 Å². The zero-order valence-electron chi connectivity index (χ0n) is 13.2. The van der Waals surface area contributed by atoms with E-state index >= 15 is 0 Å². The van der Waals surface area contributed by atoms with Crippen LogP contribution in [-0.2, 0) is 6.42 Å². The summed E-state index contributed by atoms with van der Waals surface area (Å²) < 4.78 is 0. The minimum Gasteiger partial charge on any atom is -0.277 e. The average molecular weight is 314 g/mol. The number of hydrogen-bond acceptors (Lipinski definition) is 3. The van der Waals surface area contributed by atoms with Crippen LogP contribution in [0.4, 0.5) is 11.4 Å². The van der Waals surface area contributed by atoms with Crippen molar-refractivity contribution in [3.05, 3.63) is 96.6 Å². The maximum absolute atomic E-state index is 4.41. The van der Waals surface area contributed by atoms with Gasteiger partial charge in [0.1, 0.15) is 0 Å². The van der Waals surface area contributed by atoms with Crippen LogP contribution in [0.3, 0.4) is 0 Å². The van der Waals surface area contributed by atoms with Crippen molar-refractivity contribution in [3.63, 3.8) is 0 Å². The van der Waals surface area contributed by atoms with E-state index in [9.17, 15) is 0 Å². The highest BCUT2D eigenvalue weighted by atomic mass is 15.3. The van der Waals surface area contributed by atoms with Gasteiger partial charge in [0, 0.05) is 6.42 Å². The monoisotopic (exact) mass is 314 g/mol. The molecule has 3 rings (SSSR count). The molecule has 4 heteroatoms. The SMILES string of the molecule is c1ccc(C/C(N=Nc2ccccc2)=N\Nc2ccccc2)cc1. The normalized spacial score (nSPS) is 11.6. The van der Waals surface area contributed by atoms with Gasteiger partial charge < -0.3 is 0 Å². The van der Waals surface area contributed by atoms with Gasteiger partial charge in [0.15, 0.2) is 5.84 Å². The second-order valence-electron chi connectivity index (χ2n) is 5.20. The predicted octanol–water partition coefficient (Wildman–Crippen LogP) is 5.44. The second-order valence-corrected chi connectivity index (χ2v) is 5.20. The average Bonchev–Trinajstić information content (AvgIpc) is 2.66. The highest BCUT2D eigenvalue weighted by Gasteiger charge is 2.01. The number of nitrogens with one attached hydrogen (secondary N) is 1. The molecule has 0 saturated heterocycles. The Hall–Kier alpha value is -3.27. The lowest BCUT2D eigenvalue weighted by Crippen LogP contribution is -2.03. The number of azo groups is 1. The van der Waals surface area contributed by atoms with Crippen molar-refractivity contribution < 1.29 is 0 Å². The van der Waals surface area contributed by atoms with Crippen LogP contribution in [0.25, 0.3) is 0 Å². The van der Waals surface area contributed by atoms with Crippen LogP contribution in [0.1, 0.15) is 5.56 Å². The maximum Gasteiger partial charge on any atom is 0.175 e. The van der Waals surface area contributed by atoms with E-state index in [0.717, 1.165) is 16.9 Å². The summed E-state index contributed by atoms with van der Waals surface area (Å²) in [5.74, 6) is 0.619. The molecule has 0 unspecified atom stereocenters. The molecule has 0 amide bonds. The third kappa shape index (κ3) is 4.88. The zero-order chi connectivity index (χ0) is 16.5. The molecule has 3 aromatic rings. The highest BCUT2D eigenvalue weighted by Crippen LogP contribution is 2.12. The van der Waals surface area contributed by atoms with E-state index in [1.54, 1.807) is 0 Å². The standard InChI is InChI=1S/C20H18N4/c1-4-10-17(11-5-1)16-20(23-21-18-12-6-2-7-13-18)24-22-19-14-8-3-9-15-19/h1-15,21H,16H2/b23-20+,24-22?. The van der Waals surface area contributed by atoms with Crippen molar-refractivity contribution in [2.24, 2.45) is 15.3 Å². The Morgan fingerprint density at radius 2 is 1.29 bits per heavy atom. The molecule has 0 aliphatic rings. The Kier molecular flexibility index (Phi) is 5.46. The van der Waals surface area contributed by atoms with Crippen LogP contribution in [0.15, 0.2) is 106 Å². The van der Waals surface area contributed by atoms with E-state index in [-0.39, 0.29) is 0 Å². The van der Waals surface area contributed by atoms with Gasteiger partial charge in [-0.25, -0.2) is 0 Å². The number of rotatable bonds is 5.